The van der Waals surface area contributed by atoms with Crippen LogP contribution in [-0.4, -0.2) is 16.0 Å². The summed E-state index contributed by atoms with van der Waals surface area (Å²) in [4.78, 5) is 28.6. The summed E-state index contributed by atoms with van der Waals surface area (Å²) in [7, 11) is 0. The van der Waals surface area contributed by atoms with E-state index in [1.807, 2.05) is 24.3 Å². The lowest BCUT2D eigenvalue weighted by atomic mass is 9.91. The van der Waals surface area contributed by atoms with E-state index in [4.69, 9.17) is 11.6 Å². The first kappa shape index (κ1) is 16.6. The molecule has 0 aliphatic carbocycles. The summed E-state index contributed by atoms with van der Waals surface area (Å²) in [6.07, 6.45) is 1.69. The van der Waals surface area contributed by atoms with Crippen molar-refractivity contribution in [3.63, 3.8) is 0 Å². The molecule has 2 aromatic carbocycles. The van der Waals surface area contributed by atoms with Gasteiger partial charge in [-0.2, -0.15) is 0 Å². The number of fused-ring (bicyclic) bond motifs is 3. The molecule has 1 atom stereocenters. The summed E-state index contributed by atoms with van der Waals surface area (Å²) in [6.45, 7) is 0.624. The number of benzene rings is 2. The van der Waals surface area contributed by atoms with Gasteiger partial charge in [0.15, 0.2) is 0 Å². The largest absolute Gasteiger partial charge is 0.316 e. The van der Waals surface area contributed by atoms with Gasteiger partial charge in [0, 0.05) is 22.1 Å². The molecule has 7 heteroatoms. The predicted molar refractivity (Wildman–Crippen MR) is 102 cm³/mol. The van der Waals surface area contributed by atoms with Crippen LogP contribution in [0, 0.1) is 0 Å². The molecule has 25 heavy (non-hydrogen) atoms. The van der Waals surface area contributed by atoms with E-state index in [0.29, 0.717) is 17.6 Å². The van der Waals surface area contributed by atoms with Crippen molar-refractivity contribution in [3.05, 3.63) is 77.2 Å². The third kappa shape index (κ3) is 3.17. The highest BCUT2D eigenvalue weighted by molar-refractivity contribution is 9.10. The fourth-order valence-electron chi connectivity index (χ4n) is 3.41. The van der Waals surface area contributed by atoms with E-state index >= 15 is 0 Å². The molecule has 0 fully saturated rings. The summed E-state index contributed by atoms with van der Waals surface area (Å²) in [6, 6.07) is 10.0. The Hall–Kier alpha value is -1.89. The second-order valence-electron chi connectivity index (χ2n) is 6.26. The van der Waals surface area contributed by atoms with Crippen LogP contribution in [0.2, 0.25) is 5.02 Å². The fraction of sp³-hybridized carbons (Fsp3) is 0.222. The Kier molecular flexibility index (Phi) is 4.27. The van der Waals surface area contributed by atoms with E-state index in [1.165, 1.54) is 5.56 Å². The van der Waals surface area contributed by atoms with Crippen molar-refractivity contribution in [1.82, 2.24) is 15.3 Å². The minimum Gasteiger partial charge on any atom is -0.316 e. The molecule has 1 unspecified atom stereocenters. The van der Waals surface area contributed by atoms with Gasteiger partial charge in [0.05, 0.1) is 11.0 Å². The highest BCUT2D eigenvalue weighted by Gasteiger charge is 2.23. The molecule has 3 N–H and O–H groups in total. The van der Waals surface area contributed by atoms with E-state index in [-0.39, 0.29) is 6.04 Å². The molecule has 1 aliphatic heterocycles. The van der Waals surface area contributed by atoms with Crippen molar-refractivity contribution >= 4 is 38.6 Å². The molecule has 1 aromatic heterocycles. The molecule has 0 spiro atoms. The quantitative estimate of drug-likeness (QED) is 0.558. The Morgan fingerprint density at radius 3 is 2.72 bits per heavy atom. The van der Waals surface area contributed by atoms with Crippen molar-refractivity contribution in [2.45, 2.75) is 25.4 Å². The second-order valence-corrected chi connectivity index (χ2v) is 7.55. The fourth-order valence-corrected chi connectivity index (χ4v) is 4.25. The number of nitrogens with one attached hydrogen (secondary N) is 3. The van der Waals surface area contributed by atoms with Gasteiger partial charge in [-0.15, -0.1) is 0 Å². The summed E-state index contributed by atoms with van der Waals surface area (Å²) >= 11 is 9.68. The third-order valence-corrected chi connectivity index (χ3v) is 5.52. The summed E-state index contributed by atoms with van der Waals surface area (Å²) < 4.78 is 0.940. The number of aromatic amines is 2. The predicted octanol–water partition coefficient (Wildman–Crippen LogP) is 2.89. The minimum absolute atomic E-state index is 0.272. The molecular formula is C18H15BrClN3O2. The maximum atomic E-state index is 11.7. The third-order valence-electron chi connectivity index (χ3n) is 4.58. The Bertz CT molecular complexity index is 1090. The van der Waals surface area contributed by atoms with Gasteiger partial charge in [-0.1, -0.05) is 39.7 Å². The lowest BCUT2D eigenvalue weighted by molar-refractivity contribution is 0.477. The molecule has 0 radical (unpaired) electrons. The zero-order valence-corrected chi connectivity index (χ0v) is 15.5. The van der Waals surface area contributed by atoms with Crippen LogP contribution in [0.5, 0.6) is 0 Å². The van der Waals surface area contributed by atoms with Crippen molar-refractivity contribution in [2.75, 3.05) is 0 Å². The Morgan fingerprint density at radius 2 is 1.92 bits per heavy atom. The van der Waals surface area contributed by atoms with Crippen LogP contribution in [0.3, 0.4) is 0 Å². The first-order valence-electron chi connectivity index (χ1n) is 7.95. The number of halogens is 2. The van der Waals surface area contributed by atoms with E-state index in [1.54, 1.807) is 0 Å². The summed E-state index contributed by atoms with van der Waals surface area (Å²) in [5.74, 6) is 0. The van der Waals surface area contributed by atoms with Crippen LogP contribution in [0.15, 0.2) is 44.4 Å². The maximum Gasteiger partial charge on any atom is 0.314 e. The first-order valence-corrected chi connectivity index (χ1v) is 9.13. The smallest absolute Gasteiger partial charge is 0.314 e. The Labute approximate surface area is 156 Å². The molecule has 0 saturated carbocycles. The second kappa shape index (κ2) is 6.44. The average Bonchev–Trinajstić information content (AvgIpc) is 2.57. The molecule has 1 aliphatic rings. The van der Waals surface area contributed by atoms with E-state index < -0.39 is 11.1 Å². The van der Waals surface area contributed by atoms with Gasteiger partial charge in [0.2, 0.25) is 0 Å². The van der Waals surface area contributed by atoms with E-state index in [2.05, 4.69) is 37.3 Å². The lowest BCUT2D eigenvalue weighted by Gasteiger charge is -2.28. The summed E-state index contributed by atoms with van der Waals surface area (Å²) in [5, 5.41) is 4.26. The monoisotopic (exact) mass is 419 g/mol. The van der Waals surface area contributed by atoms with Crippen LogP contribution >= 0.6 is 27.5 Å². The van der Waals surface area contributed by atoms with E-state index in [0.717, 1.165) is 33.5 Å². The van der Waals surface area contributed by atoms with Crippen LogP contribution in [0.1, 0.15) is 16.7 Å². The number of rotatable bonds is 2. The van der Waals surface area contributed by atoms with Gasteiger partial charge >= 0.3 is 11.1 Å². The molecule has 5 nitrogen and oxygen atoms in total. The number of aromatic nitrogens is 2. The molecule has 0 bridgehead atoms. The van der Waals surface area contributed by atoms with Crippen LogP contribution in [0.25, 0.3) is 11.0 Å². The van der Waals surface area contributed by atoms with Gasteiger partial charge < -0.3 is 15.3 Å². The van der Waals surface area contributed by atoms with Gasteiger partial charge in [-0.05, 0) is 47.7 Å². The first-order chi connectivity index (χ1) is 12.0. The molecule has 128 valence electrons. The highest BCUT2D eigenvalue weighted by Crippen LogP contribution is 2.31. The van der Waals surface area contributed by atoms with Crippen molar-refractivity contribution in [2.24, 2.45) is 0 Å². The number of hydrogen-bond acceptors (Lipinski definition) is 3. The van der Waals surface area contributed by atoms with Gasteiger partial charge in [0.1, 0.15) is 0 Å². The van der Waals surface area contributed by atoms with Gasteiger partial charge in [-0.3, -0.25) is 9.59 Å². The summed E-state index contributed by atoms with van der Waals surface area (Å²) in [5.41, 5.74) is 3.41. The van der Waals surface area contributed by atoms with Gasteiger partial charge in [0.25, 0.3) is 0 Å². The van der Waals surface area contributed by atoms with E-state index in [9.17, 15) is 9.59 Å². The van der Waals surface area contributed by atoms with Crippen molar-refractivity contribution in [3.8, 4) is 0 Å². The van der Waals surface area contributed by atoms with Crippen LogP contribution < -0.4 is 16.4 Å². The minimum atomic E-state index is -0.637. The average molecular weight is 421 g/mol. The van der Waals surface area contributed by atoms with Crippen molar-refractivity contribution < 1.29 is 0 Å². The zero-order chi connectivity index (χ0) is 17.6. The highest BCUT2D eigenvalue weighted by atomic mass is 79.9. The van der Waals surface area contributed by atoms with Crippen LogP contribution in [0.4, 0.5) is 0 Å². The molecule has 2 heterocycles. The van der Waals surface area contributed by atoms with Gasteiger partial charge in [-0.25, -0.2) is 0 Å². The lowest BCUT2D eigenvalue weighted by Crippen LogP contribution is -2.38. The Balaban J connectivity index is 1.71. The molecule has 0 amide bonds. The standard InChI is InChI=1S/C18H15BrClN3O2/c19-14-7-15-16(23-18(25)17(24)22-15)13-8-21-11(6-12(13)14)5-9-2-1-3-10(20)4-9/h1-4,7,11,21H,5-6,8H2,(H,22,24)(H,23,25). The molecule has 0 saturated heterocycles. The topological polar surface area (TPSA) is 77.8 Å². The number of H-pyrrole nitrogens is 2. The SMILES string of the molecule is O=c1[nH]c2cc(Br)c3c(c2[nH]c1=O)CNC(Cc1cccc(Cl)c1)C3. The number of hydrogen-bond donors (Lipinski definition) is 3. The molecule has 4 rings (SSSR count). The van der Waals surface area contributed by atoms with Crippen LogP contribution in [-0.2, 0) is 19.4 Å². The maximum absolute atomic E-state index is 11.7. The zero-order valence-electron chi connectivity index (χ0n) is 13.2. The molecular weight excluding hydrogens is 406 g/mol. The normalized spacial score (nSPS) is 16.8. The Morgan fingerprint density at radius 1 is 1.12 bits per heavy atom. The molecule has 3 aromatic rings. The van der Waals surface area contributed by atoms with Crippen molar-refractivity contribution in [1.29, 1.82) is 0 Å².